The van der Waals surface area contributed by atoms with E-state index < -0.39 is 4.92 Å². The summed E-state index contributed by atoms with van der Waals surface area (Å²) in [6.07, 6.45) is 0.846. The average Bonchev–Trinajstić information content (AvgIpc) is 2.28. The predicted molar refractivity (Wildman–Crippen MR) is 60.3 cm³/mol. The van der Waals surface area contributed by atoms with Gasteiger partial charge in [-0.2, -0.15) is 0 Å². The van der Waals surface area contributed by atoms with E-state index in [1.165, 1.54) is 24.3 Å². The van der Waals surface area contributed by atoms with Crippen molar-refractivity contribution in [1.82, 2.24) is 5.32 Å². The molecule has 0 aliphatic rings. The lowest BCUT2D eigenvalue weighted by molar-refractivity contribution is -0.384. The standard InChI is InChI=1S/C11H14N2O3/c1-3-8(2)12-11(14)9-4-6-10(7-5-9)13(15)16/h4-8H,3H2,1-2H3,(H,12,14). The lowest BCUT2D eigenvalue weighted by Crippen LogP contribution is -2.31. The molecule has 0 aliphatic carbocycles. The lowest BCUT2D eigenvalue weighted by Gasteiger charge is -2.10. The second-order valence-corrected chi connectivity index (χ2v) is 3.59. The van der Waals surface area contributed by atoms with Crippen molar-refractivity contribution in [2.24, 2.45) is 0 Å². The lowest BCUT2D eigenvalue weighted by atomic mass is 10.1. The summed E-state index contributed by atoms with van der Waals surface area (Å²) in [6.45, 7) is 3.88. The molecule has 0 spiro atoms. The maximum absolute atomic E-state index is 11.6. The molecule has 86 valence electrons. The number of nitrogens with one attached hydrogen (secondary N) is 1. The topological polar surface area (TPSA) is 72.2 Å². The zero-order valence-electron chi connectivity index (χ0n) is 9.27. The van der Waals surface area contributed by atoms with E-state index in [2.05, 4.69) is 5.32 Å². The van der Waals surface area contributed by atoms with Gasteiger partial charge in [0.15, 0.2) is 0 Å². The van der Waals surface area contributed by atoms with Gasteiger partial charge in [0, 0.05) is 23.7 Å². The van der Waals surface area contributed by atoms with Gasteiger partial charge in [-0.15, -0.1) is 0 Å². The van der Waals surface area contributed by atoms with Crippen LogP contribution in [0.15, 0.2) is 24.3 Å². The quantitative estimate of drug-likeness (QED) is 0.626. The van der Waals surface area contributed by atoms with Crippen LogP contribution in [0.1, 0.15) is 30.6 Å². The molecule has 1 N–H and O–H groups in total. The third-order valence-corrected chi connectivity index (χ3v) is 2.33. The van der Waals surface area contributed by atoms with Gasteiger partial charge in [0.1, 0.15) is 0 Å². The fourth-order valence-corrected chi connectivity index (χ4v) is 1.14. The van der Waals surface area contributed by atoms with E-state index in [1.54, 1.807) is 0 Å². The molecule has 0 aliphatic heterocycles. The Balaban J connectivity index is 2.74. The predicted octanol–water partition coefficient (Wildman–Crippen LogP) is 2.12. The minimum atomic E-state index is -0.490. The van der Waals surface area contributed by atoms with Crippen LogP contribution in [0.3, 0.4) is 0 Å². The van der Waals surface area contributed by atoms with Crippen molar-refractivity contribution in [2.75, 3.05) is 0 Å². The number of benzene rings is 1. The fraction of sp³-hybridized carbons (Fsp3) is 0.364. The molecule has 1 aromatic carbocycles. The number of non-ortho nitro benzene ring substituents is 1. The summed E-state index contributed by atoms with van der Waals surface area (Å²) in [5, 5.41) is 13.2. The van der Waals surface area contributed by atoms with E-state index in [0.717, 1.165) is 6.42 Å². The number of amides is 1. The third kappa shape index (κ3) is 3.05. The average molecular weight is 222 g/mol. The van der Waals surface area contributed by atoms with Gasteiger partial charge in [0.25, 0.3) is 11.6 Å². The zero-order valence-corrected chi connectivity index (χ0v) is 9.27. The highest BCUT2D eigenvalue weighted by Crippen LogP contribution is 2.11. The maximum atomic E-state index is 11.6. The van der Waals surface area contributed by atoms with Crippen LogP contribution in [0, 0.1) is 10.1 Å². The Morgan fingerprint density at radius 1 is 1.44 bits per heavy atom. The number of carbonyl (C=O) groups is 1. The smallest absolute Gasteiger partial charge is 0.269 e. The molecule has 1 amide bonds. The van der Waals surface area contributed by atoms with Crippen LogP contribution in [0.2, 0.25) is 0 Å². The van der Waals surface area contributed by atoms with E-state index in [-0.39, 0.29) is 17.6 Å². The molecule has 0 saturated carbocycles. The fourth-order valence-electron chi connectivity index (χ4n) is 1.14. The van der Waals surface area contributed by atoms with Crippen molar-refractivity contribution in [1.29, 1.82) is 0 Å². The van der Waals surface area contributed by atoms with Crippen LogP contribution < -0.4 is 5.32 Å². The maximum Gasteiger partial charge on any atom is 0.269 e. The minimum absolute atomic E-state index is 0.0138. The van der Waals surface area contributed by atoms with Gasteiger partial charge in [-0.3, -0.25) is 14.9 Å². The van der Waals surface area contributed by atoms with Crippen molar-refractivity contribution < 1.29 is 9.72 Å². The van der Waals surface area contributed by atoms with Crippen LogP contribution in [0.5, 0.6) is 0 Å². The van der Waals surface area contributed by atoms with Crippen LogP contribution in [0.25, 0.3) is 0 Å². The summed E-state index contributed by atoms with van der Waals surface area (Å²) in [5.41, 5.74) is 0.422. The number of rotatable bonds is 4. The Bertz CT molecular complexity index is 387. The Labute approximate surface area is 93.6 Å². The number of nitrogens with zero attached hydrogens (tertiary/aromatic N) is 1. The summed E-state index contributed by atoms with van der Waals surface area (Å²) in [4.78, 5) is 21.5. The first kappa shape index (κ1) is 12.2. The molecule has 1 aromatic rings. The SMILES string of the molecule is CCC(C)NC(=O)c1ccc([N+](=O)[O-])cc1. The molecule has 0 bridgehead atoms. The van der Waals surface area contributed by atoms with Crippen LogP contribution in [-0.2, 0) is 0 Å². The first-order chi connectivity index (χ1) is 7.54. The third-order valence-electron chi connectivity index (χ3n) is 2.33. The van der Waals surface area contributed by atoms with Gasteiger partial charge in [-0.1, -0.05) is 6.92 Å². The minimum Gasteiger partial charge on any atom is -0.350 e. The van der Waals surface area contributed by atoms with E-state index in [9.17, 15) is 14.9 Å². The zero-order chi connectivity index (χ0) is 12.1. The summed E-state index contributed by atoms with van der Waals surface area (Å²) in [6, 6.07) is 5.66. The van der Waals surface area contributed by atoms with Crippen LogP contribution >= 0.6 is 0 Å². The molecule has 5 nitrogen and oxygen atoms in total. The van der Waals surface area contributed by atoms with Crippen molar-refractivity contribution in [3.8, 4) is 0 Å². The molecule has 0 heterocycles. The normalized spacial score (nSPS) is 11.9. The molecule has 0 aromatic heterocycles. The molecule has 0 radical (unpaired) electrons. The number of hydrogen-bond acceptors (Lipinski definition) is 3. The largest absolute Gasteiger partial charge is 0.350 e. The second kappa shape index (κ2) is 5.25. The number of nitro groups is 1. The molecular formula is C11H14N2O3. The van der Waals surface area contributed by atoms with E-state index >= 15 is 0 Å². The van der Waals surface area contributed by atoms with Crippen molar-refractivity contribution in [2.45, 2.75) is 26.3 Å². The highest BCUT2D eigenvalue weighted by Gasteiger charge is 2.10. The van der Waals surface area contributed by atoms with Crippen LogP contribution in [0.4, 0.5) is 5.69 Å². The van der Waals surface area contributed by atoms with Crippen molar-refractivity contribution >= 4 is 11.6 Å². The van der Waals surface area contributed by atoms with Gasteiger partial charge >= 0.3 is 0 Å². The Hall–Kier alpha value is -1.91. The molecule has 16 heavy (non-hydrogen) atoms. The van der Waals surface area contributed by atoms with Gasteiger partial charge < -0.3 is 5.32 Å². The van der Waals surface area contributed by atoms with Gasteiger partial charge in [0.05, 0.1) is 4.92 Å². The Morgan fingerprint density at radius 2 is 2.00 bits per heavy atom. The molecule has 0 saturated heterocycles. The number of nitro benzene ring substituents is 1. The van der Waals surface area contributed by atoms with Gasteiger partial charge in [-0.25, -0.2) is 0 Å². The molecule has 1 atom stereocenters. The molecular weight excluding hydrogens is 208 g/mol. The molecule has 5 heteroatoms. The summed E-state index contributed by atoms with van der Waals surface area (Å²) >= 11 is 0. The van der Waals surface area contributed by atoms with E-state index in [1.807, 2.05) is 13.8 Å². The number of hydrogen-bond donors (Lipinski definition) is 1. The monoisotopic (exact) mass is 222 g/mol. The summed E-state index contributed by atoms with van der Waals surface area (Å²) < 4.78 is 0. The molecule has 0 fully saturated rings. The van der Waals surface area contributed by atoms with Gasteiger partial charge in [-0.05, 0) is 25.5 Å². The van der Waals surface area contributed by atoms with Gasteiger partial charge in [0.2, 0.25) is 0 Å². The van der Waals surface area contributed by atoms with E-state index in [4.69, 9.17) is 0 Å². The van der Waals surface area contributed by atoms with E-state index in [0.29, 0.717) is 5.56 Å². The Kier molecular flexibility index (Phi) is 3.99. The van der Waals surface area contributed by atoms with Crippen molar-refractivity contribution in [3.63, 3.8) is 0 Å². The highest BCUT2D eigenvalue weighted by molar-refractivity contribution is 5.94. The summed E-state index contributed by atoms with van der Waals surface area (Å²) in [5.74, 6) is -0.204. The summed E-state index contributed by atoms with van der Waals surface area (Å²) in [7, 11) is 0. The highest BCUT2D eigenvalue weighted by atomic mass is 16.6. The van der Waals surface area contributed by atoms with Crippen molar-refractivity contribution in [3.05, 3.63) is 39.9 Å². The molecule has 1 unspecified atom stereocenters. The number of carbonyl (C=O) groups excluding carboxylic acids is 1. The second-order valence-electron chi connectivity index (χ2n) is 3.59. The van der Waals surface area contributed by atoms with Crippen LogP contribution in [-0.4, -0.2) is 16.9 Å². The first-order valence-corrected chi connectivity index (χ1v) is 5.10. The first-order valence-electron chi connectivity index (χ1n) is 5.10. The Morgan fingerprint density at radius 3 is 2.44 bits per heavy atom. The molecule has 1 rings (SSSR count).